The fourth-order valence-electron chi connectivity index (χ4n) is 2.73. The lowest BCUT2D eigenvalue weighted by molar-refractivity contribution is -0.124. The molecule has 0 saturated carbocycles. The van der Waals surface area contributed by atoms with Crippen molar-refractivity contribution in [1.29, 1.82) is 0 Å². The molecule has 1 amide bonds. The van der Waals surface area contributed by atoms with E-state index < -0.39 is 0 Å². The van der Waals surface area contributed by atoms with Crippen LogP contribution in [-0.4, -0.2) is 27.9 Å². The number of thiophene rings is 1. The van der Waals surface area contributed by atoms with Crippen LogP contribution >= 0.6 is 23.1 Å². The van der Waals surface area contributed by atoms with Crippen LogP contribution in [0.5, 0.6) is 0 Å². The van der Waals surface area contributed by atoms with Crippen molar-refractivity contribution in [2.75, 3.05) is 5.75 Å². The van der Waals surface area contributed by atoms with Gasteiger partial charge in [0.25, 0.3) is 0 Å². The molecule has 0 bridgehead atoms. The normalized spacial score (nSPS) is 16.6. The largest absolute Gasteiger partial charge is 0.285 e. The third kappa shape index (κ3) is 3.50. The van der Waals surface area contributed by atoms with Crippen LogP contribution in [0.15, 0.2) is 70.2 Å². The minimum atomic E-state index is 0.0722. The van der Waals surface area contributed by atoms with Crippen LogP contribution in [0.2, 0.25) is 0 Å². The van der Waals surface area contributed by atoms with Gasteiger partial charge in [-0.25, -0.2) is 0 Å². The standard InChI is InChI=1S/C19H15N3OS2/c23-18-13-25-19(21-20-11-16-8-4-10-24-16)22(18)12-15-7-3-6-14-5-1-2-9-17(14)15/h1-11H,12-13H2/b20-11-,21-19+. The Hall–Kier alpha value is -2.44. The summed E-state index contributed by atoms with van der Waals surface area (Å²) in [5.74, 6) is 0.487. The molecule has 4 rings (SSSR count). The Kier molecular flexibility index (Phi) is 4.63. The van der Waals surface area contributed by atoms with E-state index in [9.17, 15) is 4.79 Å². The molecule has 1 aliphatic rings. The number of hydrogen-bond acceptors (Lipinski definition) is 5. The molecule has 25 heavy (non-hydrogen) atoms. The molecule has 0 aliphatic carbocycles. The van der Waals surface area contributed by atoms with Crippen LogP contribution in [0.25, 0.3) is 10.8 Å². The summed E-state index contributed by atoms with van der Waals surface area (Å²) in [6.45, 7) is 0.514. The van der Waals surface area contributed by atoms with Crippen LogP contribution in [0.3, 0.4) is 0 Å². The zero-order chi connectivity index (χ0) is 17.1. The van der Waals surface area contributed by atoms with E-state index in [1.807, 2.05) is 35.7 Å². The van der Waals surface area contributed by atoms with E-state index in [0.717, 1.165) is 15.8 Å². The van der Waals surface area contributed by atoms with E-state index in [-0.39, 0.29) is 5.91 Å². The van der Waals surface area contributed by atoms with Crippen LogP contribution in [-0.2, 0) is 11.3 Å². The molecule has 2 heterocycles. The monoisotopic (exact) mass is 365 g/mol. The van der Waals surface area contributed by atoms with Crippen LogP contribution in [0.1, 0.15) is 10.4 Å². The van der Waals surface area contributed by atoms with E-state index >= 15 is 0 Å². The Morgan fingerprint density at radius 1 is 1.08 bits per heavy atom. The number of rotatable bonds is 4. The van der Waals surface area contributed by atoms with Crippen LogP contribution < -0.4 is 0 Å². The predicted octanol–water partition coefficient (Wildman–Crippen LogP) is 4.37. The molecule has 0 unspecified atom stereocenters. The highest BCUT2D eigenvalue weighted by Gasteiger charge is 2.28. The zero-order valence-electron chi connectivity index (χ0n) is 13.3. The Labute approximate surface area is 153 Å². The van der Waals surface area contributed by atoms with Gasteiger partial charge in [0.1, 0.15) is 0 Å². The molecule has 1 aromatic heterocycles. The molecular formula is C19H15N3OS2. The van der Waals surface area contributed by atoms with Gasteiger partial charge < -0.3 is 0 Å². The summed E-state index contributed by atoms with van der Waals surface area (Å²) >= 11 is 3.04. The Morgan fingerprint density at radius 3 is 2.84 bits per heavy atom. The van der Waals surface area contributed by atoms with Crippen molar-refractivity contribution in [2.24, 2.45) is 10.2 Å². The first kappa shape index (κ1) is 16.1. The van der Waals surface area contributed by atoms with E-state index in [2.05, 4.69) is 34.5 Å². The average Bonchev–Trinajstić information content (AvgIpc) is 3.27. The lowest BCUT2D eigenvalue weighted by atomic mass is 10.0. The van der Waals surface area contributed by atoms with Crippen molar-refractivity contribution in [3.8, 4) is 0 Å². The molecule has 0 radical (unpaired) electrons. The molecule has 1 aliphatic heterocycles. The van der Waals surface area contributed by atoms with Gasteiger partial charge in [-0.05, 0) is 27.8 Å². The third-order valence-corrected chi connectivity index (χ3v) is 5.69. The van der Waals surface area contributed by atoms with Gasteiger partial charge in [-0.15, -0.1) is 16.4 Å². The van der Waals surface area contributed by atoms with E-state index in [4.69, 9.17) is 0 Å². The molecule has 124 valence electrons. The van der Waals surface area contributed by atoms with Gasteiger partial charge in [-0.1, -0.05) is 60.3 Å². The van der Waals surface area contributed by atoms with E-state index in [1.165, 1.54) is 17.1 Å². The number of carbonyl (C=O) groups excluding carboxylic acids is 1. The minimum Gasteiger partial charge on any atom is -0.285 e. The summed E-state index contributed by atoms with van der Waals surface area (Å²) in [4.78, 5) is 15.1. The first-order valence-electron chi connectivity index (χ1n) is 7.85. The summed E-state index contributed by atoms with van der Waals surface area (Å²) in [7, 11) is 0. The minimum absolute atomic E-state index is 0.0722. The van der Waals surface area contributed by atoms with Crippen molar-refractivity contribution in [3.63, 3.8) is 0 Å². The fourth-order valence-corrected chi connectivity index (χ4v) is 4.14. The summed E-state index contributed by atoms with van der Waals surface area (Å²) < 4.78 is 0. The number of hydrogen-bond donors (Lipinski definition) is 0. The van der Waals surface area contributed by atoms with Gasteiger partial charge >= 0.3 is 0 Å². The number of benzene rings is 2. The van der Waals surface area contributed by atoms with Gasteiger partial charge in [-0.2, -0.15) is 5.10 Å². The number of thioether (sulfide) groups is 1. The second-order valence-electron chi connectivity index (χ2n) is 5.55. The molecule has 3 aromatic rings. The maximum Gasteiger partial charge on any atom is 0.239 e. The molecule has 4 nitrogen and oxygen atoms in total. The Bertz CT molecular complexity index is 958. The Balaban J connectivity index is 1.60. The quantitative estimate of drug-likeness (QED) is 0.509. The molecule has 2 aromatic carbocycles. The van der Waals surface area contributed by atoms with Crippen LogP contribution in [0.4, 0.5) is 0 Å². The highest BCUT2D eigenvalue weighted by Crippen LogP contribution is 2.25. The van der Waals surface area contributed by atoms with Crippen molar-refractivity contribution in [1.82, 2.24) is 4.90 Å². The van der Waals surface area contributed by atoms with Gasteiger partial charge in [0.15, 0.2) is 5.17 Å². The number of amides is 1. The summed E-state index contributed by atoms with van der Waals surface area (Å²) in [6, 6.07) is 18.3. The highest BCUT2D eigenvalue weighted by atomic mass is 32.2. The van der Waals surface area contributed by atoms with Crippen molar-refractivity contribution >= 4 is 51.2 Å². The average molecular weight is 365 g/mol. The van der Waals surface area contributed by atoms with Gasteiger partial charge in [0.05, 0.1) is 18.5 Å². The zero-order valence-corrected chi connectivity index (χ0v) is 15.0. The maximum absolute atomic E-state index is 12.3. The van der Waals surface area contributed by atoms with Gasteiger partial charge in [0.2, 0.25) is 5.91 Å². The highest BCUT2D eigenvalue weighted by molar-refractivity contribution is 8.15. The Morgan fingerprint density at radius 2 is 1.96 bits per heavy atom. The van der Waals surface area contributed by atoms with E-state index in [1.54, 1.807) is 22.5 Å². The third-order valence-electron chi connectivity index (χ3n) is 3.94. The molecule has 0 atom stereocenters. The molecule has 1 saturated heterocycles. The number of amidine groups is 1. The fraction of sp³-hybridized carbons (Fsp3) is 0.105. The SMILES string of the molecule is O=C1CS/C(=N/N=C\c2cccs2)N1Cc1cccc2ccccc12. The summed E-state index contributed by atoms with van der Waals surface area (Å²) in [5, 5.41) is 13.4. The van der Waals surface area contributed by atoms with Crippen molar-refractivity contribution in [3.05, 3.63) is 70.4 Å². The molecule has 0 N–H and O–H groups in total. The van der Waals surface area contributed by atoms with Crippen LogP contribution in [0, 0.1) is 0 Å². The molecule has 0 spiro atoms. The van der Waals surface area contributed by atoms with Crippen molar-refractivity contribution < 1.29 is 4.79 Å². The second-order valence-corrected chi connectivity index (χ2v) is 7.47. The smallest absolute Gasteiger partial charge is 0.239 e. The second kappa shape index (κ2) is 7.21. The van der Waals surface area contributed by atoms with Crippen molar-refractivity contribution in [2.45, 2.75) is 6.54 Å². The van der Waals surface area contributed by atoms with Gasteiger partial charge in [-0.3, -0.25) is 9.69 Å². The number of fused-ring (bicyclic) bond motifs is 1. The predicted molar refractivity (Wildman–Crippen MR) is 106 cm³/mol. The summed E-state index contributed by atoms with van der Waals surface area (Å²) in [5.41, 5.74) is 1.11. The topological polar surface area (TPSA) is 45.0 Å². The first-order valence-corrected chi connectivity index (χ1v) is 9.72. The van der Waals surface area contributed by atoms with E-state index in [0.29, 0.717) is 17.5 Å². The maximum atomic E-state index is 12.3. The molecule has 1 fully saturated rings. The summed E-state index contributed by atoms with van der Waals surface area (Å²) in [6.07, 6.45) is 1.72. The molecule has 6 heteroatoms. The first-order chi connectivity index (χ1) is 12.3. The number of carbonyl (C=O) groups is 1. The molecular weight excluding hydrogens is 350 g/mol. The van der Waals surface area contributed by atoms with Gasteiger partial charge in [0, 0.05) is 4.88 Å². The number of nitrogens with zero attached hydrogens (tertiary/aromatic N) is 3. The lowest BCUT2D eigenvalue weighted by Gasteiger charge is -2.16. The lowest BCUT2D eigenvalue weighted by Crippen LogP contribution is -2.28.